The third-order valence-electron chi connectivity index (χ3n) is 5.58. The number of nitrogens with one attached hydrogen (secondary N) is 1. The number of hydrogen-bond acceptors (Lipinski definition) is 7. The predicted molar refractivity (Wildman–Crippen MR) is 131 cm³/mol. The van der Waals surface area contributed by atoms with Crippen LogP contribution in [0.5, 0.6) is 11.6 Å². The summed E-state index contributed by atoms with van der Waals surface area (Å²) >= 11 is 1.23. The maximum Gasteiger partial charge on any atom is 0.234 e. The Morgan fingerprint density at radius 1 is 1.11 bits per heavy atom. The SMILES string of the molecule is Cc1ncc(CO)c2c1Oc1nc(-c3ccccc3)nc(SCC(=O)Nc3ccccc3F)c1C2. The molecule has 0 unspecified atom stereocenters. The fourth-order valence-electron chi connectivity index (χ4n) is 3.81. The molecule has 0 saturated heterocycles. The number of carbonyl (C=O) groups excluding carboxylic acids is 1. The lowest BCUT2D eigenvalue weighted by Crippen LogP contribution is -2.16. The van der Waals surface area contributed by atoms with Gasteiger partial charge in [0.15, 0.2) is 11.6 Å². The summed E-state index contributed by atoms with van der Waals surface area (Å²) in [5, 5.41) is 13.0. The van der Waals surface area contributed by atoms with Gasteiger partial charge in [-0.05, 0) is 19.1 Å². The lowest BCUT2D eigenvalue weighted by atomic mass is 9.99. The number of benzene rings is 2. The third-order valence-corrected chi connectivity index (χ3v) is 6.60. The van der Waals surface area contributed by atoms with Crippen LogP contribution >= 0.6 is 11.8 Å². The highest BCUT2D eigenvalue weighted by atomic mass is 32.2. The number of aliphatic hydroxyl groups excluding tert-OH is 1. The smallest absolute Gasteiger partial charge is 0.234 e. The number of aliphatic hydroxyl groups is 1. The van der Waals surface area contributed by atoms with Crippen LogP contribution in [0, 0.1) is 12.7 Å². The summed E-state index contributed by atoms with van der Waals surface area (Å²) in [5.41, 5.74) is 3.84. The second kappa shape index (κ2) is 9.81. The molecule has 0 spiro atoms. The van der Waals surface area contributed by atoms with Gasteiger partial charge in [0, 0.05) is 29.3 Å². The number of aromatic nitrogens is 3. The molecule has 2 aromatic heterocycles. The first-order valence-electron chi connectivity index (χ1n) is 10.9. The second-order valence-corrected chi connectivity index (χ2v) is 8.90. The van der Waals surface area contributed by atoms with Crippen molar-refractivity contribution in [2.75, 3.05) is 11.1 Å². The molecule has 4 aromatic rings. The first kappa shape index (κ1) is 22.9. The molecule has 176 valence electrons. The second-order valence-electron chi connectivity index (χ2n) is 7.93. The number of thioether (sulfide) groups is 1. The molecule has 2 N–H and O–H groups in total. The largest absolute Gasteiger partial charge is 0.436 e. The van der Waals surface area contributed by atoms with Crippen LogP contribution < -0.4 is 10.1 Å². The van der Waals surface area contributed by atoms with Crippen LogP contribution in [0.15, 0.2) is 65.8 Å². The van der Waals surface area contributed by atoms with E-state index in [4.69, 9.17) is 9.72 Å². The highest BCUT2D eigenvalue weighted by Gasteiger charge is 2.28. The highest BCUT2D eigenvalue weighted by molar-refractivity contribution is 8.00. The zero-order valence-corrected chi connectivity index (χ0v) is 19.6. The molecule has 0 bridgehead atoms. The standard InChI is InChI=1S/C26H21FN4O3S/c1-15-23-18(17(13-32)12-28-15)11-19-25(34-23)30-24(16-7-3-2-4-8-16)31-26(19)35-14-22(33)29-21-10-6-5-9-20(21)27/h2-10,12,32H,11,13-14H2,1H3,(H,29,33). The molecule has 3 heterocycles. The Bertz CT molecular complexity index is 1420. The fraction of sp³-hybridized carbons (Fsp3) is 0.154. The number of fused-ring (bicyclic) bond motifs is 2. The van der Waals surface area contributed by atoms with Crippen molar-refractivity contribution in [1.82, 2.24) is 15.0 Å². The number of para-hydroxylation sites is 1. The highest BCUT2D eigenvalue weighted by Crippen LogP contribution is 2.42. The van der Waals surface area contributed by atoms with Crippen molar-refractivity contribution in [1.29, 1.82) is 0 Å². The summed E-state index contributed by atoms with van der Waals surface area (Å²) in [7, 11) is 0. The van der Waals surface area contributed by atoms with Crippen LogP contribution in [0.3, 0.4) is 0 Å². The van der Waals surface area contributed by atoms with Gasteiger partial charge in [-0.3, -0.25) is 9.78 Å². The van der Waals surface area contributed by atoms with E-state index in [1.165, 1.54) is 23.9 Å². The number of nitrogens with zero attached hydrogens (tertiary/aromatic N) is 3. The van der Waals surface area contributed by atoms with E-state index in [9.17, 15) is 14.3 Å². The number of halogens is 1. The summed E-state index contributed by atoms with van der Waals surface area (Å²) in [6.45, 7) is 1.66. The van der Waals surface area contributed by atoms with Crippen molar-refractivity contribution >= 4 is 23.4 Å². The van der Waals surface area contributed by atoms with E-state index in [1.54, 1.807) is 18.3 Å². The summed E-state index contributed by atoms with van der Waals surface area (Å²) in [6, 6.07) is 15.5. The molecule has 5 rings (SSSR count). The van der Waals surface area contributed by atoms with E-state index >= 15 is 0 Å². The molecule has 7 nitrogen and oxygen atoms in total. The van der Waals surface area contributed by atoms with E-state index in [2.05, 4.69) is 15.3 Å². The van der Waals surface area contributed by atoms with Gasteiger partial charge in [-0.2, -0.15) is 4.98 Å². The van der Waals surface area contributed by atoms with Gasteiger partial charge in [0.1, 0.15) is 10.8 Å². The summed E-state index contributed by atoms with van der Waals surface area (Å²) < 4.78 is 20.1. The number of rotatable bonds is 6. The lowest BCUT2D eigenvalue weighted by molar-refractivity contribution is -0.113. The minimum absolute atomic E-state index is 0.0150. The van der Waals surface area contributed by atoms with E-state index < -0.39 is 5.82 Å². The molecule has 0 aliphatic carbocycles. The van der Waals surface area contributed by atoms with Gasteiger partial charge < -0.3 is 15.2 Å². The molecule has 0 atom stereocenters. The molecule has 1 aliphatic rings. The minimum atomic E-state index is -0.498. The topological polar surface area (TPSA) is 97.2 Å². The Morgan fingerprint density at radius 3 is 2.66 bits per heavy atom. The molecule has 1 amide bonds. The average molecular weight is 489 g/mol. The number of aryl methyl sites for hydroxylation is 1. The Labute approximate surface area is 205 Å². The monoisotopic (exact) mass is 488 g/mol. The van der Waals surface area contributed by atoms with Gasteiger partial charge in [-0.15, -0.1) is 0 Å². The van der Waals surface area contributed by atoms with Gasteiger partial charge in [0.05, 0.1) is 29.3 Å². The van der Waals surface area contributed by atoms with Crippen LogP contribution in [0.1, 0.15) is 22.4 Å². The molecule has 9 heteroatoms. The van der Waals surface area contributed by atoms with Crippen molar-refractivity contribution in [3.8, 4) is 23.0 Å². The van der Waals surface area contributed by atoms with Gasteiger partial charge in [-0.25, -0.2) is 9.37 Å². The van der Waals surface area contributed by atoms with Crippen molar-refractivity contribution in [3.63, 3.8) is 0 Å². The molecule has 0 radical (unpaired) electrons. The average Bonchev–Trinajstić information content (AvgIpc) is 2.88. The number of anilines is 1. The third kappa shape index (κ3) is 4.73. The Balaban J connectivity index is 1.49. The van der Waals surface area contributed by atoms with Crippen LogP contribution in [-0.4, -0.2) is 31.7 Å². The Morgan fingerprint density at radius 2 is 1.89 bits per heavy atom. The predicted octanol–water partition coefficient (Wildman–Crippen LogP) is 4.91. The quantitative estimate of drug-likeness (QED) is 0.259. The Hall–Kier alpha value is -3.82. The molecule has 0 saturated carbocycles. The summed E-state index contributed by atoms with van der Waals surface area (Å²) in [5.74, 6) is 0.595. The van der Waals surface area contributed by atoms with E-state index in [1.807, 2.05) is 37.3 Å². The van der Waals surface area contributed by atoms with Crippen molar-refractivity contribution in [3.05, 3.63) is 89.0 Å². The zero-order chi connectivity index (χ0) is 24.4. The first-order valence-corrected chi connectivity index (χ1v) is 11.9. The molecule has 0 fully saturated rings. The van der Waals surface area contributed by atoms with Crippen LogP contribution in [0.2, 0.25) is 0 Å². The van der Waals surface area contributed by atoms with Gasteiger partial charge in [-0.1, -0.05) is 54.2 Å². The Kier molecular flexibility index (Phi) is 6.43. The number of hydrogen-bond donors (Lipinski definition) is 2. The van der Waals surface area contributed by atoms with Gasteiger partial charge in [0.2, 0.25) is 11.8 Å². The molecular weight excluding hydrogens is 467 g/mol. The van der Waals surface area contributed by atoms with Crippen LogP contribution in [0.25, 0.3) is 11.4 Å². The zero-order valence-electron chi connectivity index (χ0n) is 18.8. The number of amides is 1. The summed E-state index contributed by atoms with van der Waals surface area (Å²) in [6.07, 6.45) is 2.06. The fourth-order valence-corrected chi connectivity index (χ4v) is 4.64. The normalized spacial score (nSPS) is 11.9. The molecular formula is C26H21FN4O3S. The lowest BCUT2D eigenvalue weighted by Gasteiger charge is -2.24. The van der Waals surface area contributed by atoms with Crippen molar-refractivity contribution in [2.45, 2.75) is 25.0 Å². The van der Waals surface area contributed by atoms with E-state index in [0.717, 1.165) is 16.7 Å². The maximum absolute atomic E-state index is 13.9. The number of pyridine rings is 1. The number of carbonyl (C=O) groups is 1. The van der Waals surface area contributed by atoms with E-state index in [0.29, 0.717) is 40.2 Å². The van der Waals surface area contributed by atoms with Gasteiger partial charge in [0.25, 0.3) is 0 Å². The number of ether oxygens (including phenoxy) is 1. The van der Waals surface area contributed by atoms with Crippen molar-refractivity contribution < 1.29 is 19.0 Å². The van der Waals surface area contributed by atoms with Crippen molar-refractivity contribution in [2.24, 2.45) is 0 Å². The maximum atomic E-state index is 13.9. The summed E-state index contributed by atoms with van der Waals surface area (Å²) in [4.78, 5) is 26.3. The molecule has 2 aromatic carbocycles. The first-order chi connectivity index (χ1) is 17.0. The van der Waals surface area contributed by atoms with Gasteiger partial charge >= 0.3 is 0 Å². The minimum Gasteiger partial charge on any atom is -0.436 e. The molecule has 1 aliphatic heterocycles. The van der Waals surface area contributed by atoms with Crippen LogP contribution in [0.4, 0.5) is 10.1 Å². The van der Waals surface area contributed by atoms with Crippen LogP contribution in [-0.2, 0) is 17.8 Å². The van der Waals surface area contributed by atoms with E-state index in [-0.39, 0.29) is 24.0 Å². The molecule has 35 heavy (non-hydrogen) atoms.